The fraction of sp³-hybridized carbons (Fsp3) is 0.615. The van der Waals surface area contributed by atoms with Crippen LogP contribution < -0.4 is 5.32 Å². The van der Waals surface area contributed by atoms with E-state index in [1.54, 1.807) is 10.7 Å². The number of fused-ring (bicyclic) bond motifs is 1. The standard InChI is InChI=1S/C12H17N5O.CH4/c1-2-8-5-9(6-10(8)18)16-12-14-7-13-11-3-4-15-17(11)12;/h3-4,7-10,18H,2,5-6H2,1H3,(H,13,14,16);1H4/t8-,9+,10-;/m0./s1. The summed E-state index contributed by atoms with van der Waals surface area (Å²) in [7, 11) is 0. The monoisotopic (exact) mass is 263 g/mol. The number of aliphatic hydroxyl groups is 1. The molecule has 0 bridgehead atoms. The van der Waals surface area contributed by atoms with Gasteiger partial charge in [0.25, 0.3) is 0 Å². The number of rotatable bonds is 3. The Morgan fingerprint density at radius 1 is 1.42 bits per heavy atom. The van der Waals surface area contributed by atoms with E-state index in [1.165, 1.54) is 6.33 Å². The van der Waals surface area contributed by atoms with E-state index in [2.05, 4.69) is 27.3 Å². The minimum absolute atomic E-state index is 0. The van der Waals surface area contributed by atoms with Crippen molar-refractivity contribution in [3.63, 3.8) is 0 Å². The second-order valence-corrected chi connectivity index (χ2v) is 4.85. The number of aromatic nitrogens is 4. The van der Waals surface area contributed by atoms with Gasteiger partial charge in [0.2, 0.25) is 5.95 Å². The van der Waals surface area contributed by atoms with E-state index in [9.17, 15) is 5.11 Å². The van der Waals surface area contributed by atoms with E-state index in [0.717, 1.165) is 24.9 Å². The van der Waals surface area contributed by atoms with Crippen LogP contribution in [-0.4, -0.2) is 36.8 Å². The summed E-state index contributed by atoms with van der Waals surface area (Å²) in [4.78, 5) is 8.34. The van der Waals surface area contributed by atoms with Gasteiger partial charge in [-0.3, -0.25) is 0 Å². The molecular formula is C13H21N5O. The van der Waals surface area contributed by atoms with Gasteiger partial charge < -0.3 is 10.4 Å². The molecule has 0 aromatic carbocycles. The zero-order chi connectivity index (χ0) is 12.5. The molecule has 0 aliphatic heterocycles. The van der Waals surface area contributed by atoms with Crippen molar-refractivity contribution in [1.82, 2.24) is 19.6 Å². The van der Waals surface area contributed by atoms with Crippen LogP contribution in [0.3, 0.4) is 0 Å². The van der Waals surface area contributed by atoms with Crippen LogP contribution in [-0.2, 0) is 0 Å². The van der Waals surface area contributed by atoms with Crippen molar-refractivity contribution in [3.8, 4) is 0 Å². The average Bonchev–Trinajstić information content (AvgIpc) is 2.96. The maximum Gasteiger partial charge on any atom is 0.227 e. The summed E-state index contributed by atoms with van der Waals surface area (Å²) in [6.45, 7) is 2.12. The Balaban J connectivity index is 0.00000133. The first-order valence-corrected chi connectivity index (χ1v) is 6.37. The van der Waals surface area contributed by atoms with Crippen molar-refractivity contribution in [2.24, 2.45) is 5.92 Å². The first-order chi connectivity index (χ1) is 8.78. The summed E-state index contributed by atoms with van der Waals surface area (Å²) >= 11 is 0. The van der Waals surface area contributed by atoms with Crippen LogP contribution in [0.4, 0.5) is 5.95 Å². The Kier molecular flexibility index (Phi) is 3.99. The predicted molar refractivity (Wildman–Crippen MR) is 73.9 cm³/mol. The second kappa shape index (κ2) is 5.52. The highest BCUT2D eigenvalue weighted by Crippen LogP contribution is 2.30. The molecule has 1 fully saturated rings. The Labute approximate surface area is 112 Å². The molecule has 6 nitrogen and oxygen atoms in total. The van der Waals surface area contributed by atoms with Gasteiger partial charge in [0, 0.05) is 12.1 Å². The Bertz CT molecular complexity index is 541. The Morgan fingerprint density at radius 2 is 2.26 bits per heavy atom. The van der Waals surface area contributed by atoms with Crippen LogP contribution in [0.1, 0.15) is 33.6 Å². The molecule has 2 heterocycles. The Morgan fingerprint density at radius 3 is 3.00 bits per heavy atom. The molecule has 104 valence electrons. The van der Waals surface area contributed by atoms with E-state index >= 15 is 0 Å². The lowest BCUT2D eigenvalue weighted by molar-refractivity contribution is 0.130. The van der Waals surface area contributed by atoms with E-state index in [0.29, 0.717) is 11.9 Å². The first-order valence-electron chi connectivity index (χ1n) is 6.37. The molecule has 3 atom stereocenters. The SMILES string of the molecule is C.CC[C@H]1C[C@@H](Nc2ncnc3ccnn23)C[C@@H]1O. The summed E-state index contributed by atoms with van der Waals surface area (Å²) in [6, 6.07) is 2.10. The molecule has 0 amide bonds. The predicted octanol–water partition coefficient (Wildman–Crippen LogP) is 1.72. The summed E-state index contributed by atoms with van der Waals surface area (Å²) < 4.78 is 1.69. The van der Waals surface area contributed by atoms with E-state index < -0.39 is 0 Å². The highest BCUT2D eigenvalue weighted by Gasteiger charge is 2.32. The largest absolute Gasteiger partial charge is 0.393 e. The van der Waals surface area contributed by atoms with Crippen molar-refractivity contribution < 1.29 is 5.11 Å². The number of anilines is 1. The highest BCUT2D eigenvalue weighted by molar-refractivity contribution is 5.42. The molecule has 1 aliphatic rings. The van der Waals surface area contributed by atoms with Crippen LogP contribution in [0, 0.1) is 5.92 Å². The average molecular weight is 263 g/mol. The lowest BCUT2D eigenvalue weighted by atomic mass is 10.0. The number of hydrogen-bond acceptors (Lipinski definition) is 5. The first kappa shape index (κ1) is 13.7. The number of nitrogens with one attached hydrogen (secondary N) is 1. The van der Waals surface area contributed by atoms with Gasteiger partial charge in [-0.25, -0.2) is 9.97 Å². The third-order valence-electron chi connectivity index (χ3n) is 3.71. The minimum Gasteiger partial charge on any atom is -0.393 e. The summed E-state index contributed by atoms with van der Waals surface area (Å²) in [6.07, 6.45) is 5.79. The number of aliphatic hydroxyl groups excluding tert-OH is 1. The number of hydrogen-bond donors (Lipinski definition) is 2. The molecule has 0 spiro atoms. The molecule has 3 rings (SSSR count). The molecular weight excluding hydrogens is 242 g/mol. The van der Waals surface area contributed by atoms with Crippen molar-refractivity contribution in [2.75, 3.05) is 5.32 Å². The third-order valence-corrected chi connectivity index (χ3v) is 3.71. The van der Waals surface area contributed by atoms with Crippen molar-refractivity contribution >= 4 is 11.6 Å². The summed E-state index contributed by atoms with van der Waals surface area (Å²) in [5.74, 6) is 1.08. The zero-order valence-corrected chi connectivity index (χ0v) is 10.3. The van der Waals surface area contributed by atoms with Crippen molar-refractivity contribution in [3.05, 3.63) is 18.6 Å². The molecule has 0 unspecified atom stereocenters. The van der Waals surface area contributed by atoms with Crippen molar-refractivity contribution in [2.45, 2.75) is 45.8 Å². The Hall–Kier alpha value is -1.69. The number of nitrogens with zero attached hydrogens (tertiary/aromatic N) is 4. The smallest absolute Gasteiger partial charge is 0.227 e. The van der Waals surface area contributed by atoms with E-state index in [1.807, 2.05) is 6.07 Å². The normalized spacial score (nSPS) is 26.3. The molecule has 6 heteroatoms. The van der Waals surface area contributed by atoms with Gasteiger partial charge in [0.1, 0.15) is 6.33 Å². The topological polar surface area (TPSA) is 75.3 Å². The molecule has 0 saturated heterocycles. The van der Waals surface area contributed by atoms with Gasteiger partial charge in [0.15, 0.2) is 5.65 Å². The van der Waals surface area contributed by atoms with Gasteiger partial charge in [-0.2, -0.15) is 9.61 Å². The van der Waals surface area contributed by atoms with Gasteiger partial charge in [-0.1, -0.05) is 20.8 Å². The molecule has 2 N–H and O–H groups in total. The molecule has 19 heavy (non-hydrogen) atoms. The quantitative estimate of drug-likeness (QED) is 0.882. The van der Waals surface area contributed by atoms with Crippen LogP contribution in [0.5, 0.6) is 0 Å². The van der Waals surface area contributed by atoms with Gasteiger partial charge in [-0.15, -0.1) is 0 Å². The van der Waals surface area contributed by atoms with Gasteiger partial charge in [-0.05, 0) is 18.8 Å². The second-order valence-electron chi connectivity index (χ2n) is 4.85. The van der Waals surface area contributed by atoms with Crippen LogP contribution >= 0.6 is 0 Å². The molecule has 0 radical (unpaired) electrons. The van der Waals surface area contributed by atoms with Crippen LogP contribution in [0.25, 0.3) is 5.65 Å². The molecule has 1 aliphatic carbocycles. The maximum atomic E-state index is 9.92. The highest BCUT2D eigenvalue weighted by atomic mass is 16.3. The van der Waals surface area contributed by atoms with Crippen LogP contribution in [0.15, 0.2) is 18.6 Å². The molecule has 2 aromatic rings. The van der Waals surface area contributed by atoms with Crippen molar-refractivity contribution in [1.29, 1.82) is 0 Å². The zero-order valence-electron chi connectivity index (χ0n) is 10.3. The van der Waals surface area contributed by atoms with E-state index in [-0.39, 0.29) is 19.6 Å². The summed E-state index contributed by atoms with van der Waals surface area (Å²) in [5, 5.41) is 17.5. The molecule has 2 aromatic heterocycles. The van der Waals surface area contributed by atoms with Gasteiger partial charge in [0.05, 0.1) is 12.3 Å². The maximum absolute atomic E-state index is 9.92. The summed E-state index contributed by atoms with van der Waals surface area (Å²) in [5.41, 5.74) is 0.776. The third kappa shape index (κ3) is 2.53. The van der Waals surface area contributed by atoms with E-state index in [4.69, 9.17) is 0 Å². The van der Waals surface area contributed by atoms with Crippen LogP contribution in [0.2, 0.25) is 0 Å². The fourth-order valence-electron chi connectivity index (χ4n) is 2.70. The minimum atomic E-state index is -0.206. The van der Waals surface area contributed by atoms with Gasteiger partial charge >= 0.3 is 0 Å². The lowest BCUT2D eigenvalue weighted by Gasteiger charge is -2.13. The fourth-order valence-corrected chi connectivity index (χ4v) is 2.70. The lowest BCUT2D eigenvalue weighted by Crippen LogP contribution is -2.20. The molecule has 1 saturated carbocycles.